The number of fused-ring (bicyclic) bond motifs is 1. The normalized spacial score (nSPS) is 19.6. The quantitative estimate of drug-likeness (QED) is 0.643. The van der Waals surface area contributed by atoms with Crippen LogP contribution in [0.3, 0.4) is 0 Å². The van der Waals surface area contributed by atoms with Gasteiger partial charge >= 0.3 is 0 Å². The molecular formula is C25H27N3O. The first-order chi connectivity index (χ1) is 14.3. The molecule has 1 saturated carbocycles. The van der Waals surface area contributed by atoms with E-state index in [4.69, 9.17) is 0 Å². The number of hydrogen-bond donors (Lipinski definition) is 1. The molecule has 1 fully saturated rings. The smallest absolute Gasteiger partial charge is 0.273 e. The second-order valence-electron chi connectivity index (χ2n) is 8.23. The van der Waals surface area contributed by atoms with E-state index in [2.05, 4.69) is 58.4 Å². The Morgan fingerprint density at radius 3 is 2.41 bits per heavy atom. The van der Waals surface area contributed by atoms with E-state index in [1.54, 1.807) is 0 Å². The van der Waals surface area contributed by atoms with Gasteiger partial charge in [-0.3, -0.25) is 9.89 Å². The topological polar surface area (TPSA) is 49.0 Å². The lowest BCUT2D eigenvalue weighted by molar-refractivity contribution is 0.0606. The van der Waals surface area contributed by atoms with Crippen molar-refractivity contribution < 1.29 is 4.79 Å². The first-order valence-corrected chi connectivity index (χ1v) is 10.8. The molecule has 2 aromatic carbocycles. The highest BCUT2D eigenvalue weighted by atomic mass is 16.2. The van der Waals surface area contributed by atoms with Crippen LogP contribution < -0.4 is 0 Å². The van der Waals surface area contributed by atoms with Crippen LogP contribution in [0.4, 0.5) is 0 Å². The minimum atomic E-state index is -0.0690. The molecule has 4 heteroatoms. The maximum Gasteiger partial charge on any atom is 0.273 e. The van der Waals surface area contributed by atoms with E-state index in [1.807, 2.05) is 18.2 Å². The van der Waals surface area contributed by atoms with Crippen molar-refractivity contribution in [3.8, 4) is 11.3 Å². The zero-order chi connectivity index (χ0) is 19.8. The van der Waals surface area contributed by atoms with Gasteiger partial charge in [-0.1, -0.05) is 80.8 Å². The Bertz CT molecular complexity index is 1000. The summed E-state index contributed by atoms with van der Waals surface area (Å²) in [4.78, 5) is 15.7. The number of nitrogens with zero attached hydrogens (tertiary/aromatic N) is 2. The Morgan fingerprint density at radius 1 is 1.00 bits per heavy atom. The maximum atomic E-state index is 13.5. The first-order valence-electron chi connectivity index (χ1n) is 10.8. The Balaban J connectivity index is 1.65. The molecule has 1 aliphatic heterocycles. The van der Waals surface area contributed by atoms with Gasteiger partial charge in [0.1, 0.15) is 5.69 Å². The van der Waals surface area contributed by atoms with E-state index in [0.29, 0.717) is 11.7 Å². The van der Waals surface area contributed by atoms with Crippen LogP contribution in [0.15, 0.2) is 54.6 Å². The summed E-state index contributed by atoms with van der Waals surface area (Å²) in [5.41, 5.74) is 6.15. The number of amides is 1. The summed E-state index contributed by atoms with van der Waals surface area (Å²) in [7, 11) is 0. The summed E-state index contributed by atoms with van der Waals surface area (Å²) in [6.45, 7) is 2.17. The van der Waals surface area contributed by atoms with Crippen LogP contribution in [0.25, 0.3) is 11.3 Å². The molecule has 0 radical (unpaired) electrons. The maximum absolute atomic E-state index is 13.5. The number of aryl methyl sites for hydroxylation is 1. The van der Waals surface area contributed by atoms with Gasteiger partial charge in [-0.25, -0.2) is 0 Å². The largest absolute Gasteiger partial charge is 0.323 e. The predicted molar refractivity (Wildman–Crippen MR) is 115 cm³/mol. The standard InChI is InChI=1S/C25H27N3O/c1-2-17-13-15-19(16-14-17)24-21-22(18-9-5-3-6-10-18)26-27-23(21)25(29)28(24)20-11-7-4-8-12-20/h3,5-6,9-10,13-16,20,24H,2,4,7-8,11-12H2,1H3,(H,26,27). The van der Waals surface area contributed by atoms with E-state index in [-0.39, 0.29) is 11.9 Å². The number of hydrogen-bond acceptors (Lipinski definition) is 2. The number of nitrogens with one attached hydrogen (secondary N) is 1. The number of aromatic amines is 1. The molecule has 0 bridgehead atoms. The lowest BCUT2D eigenvalue weighted by Crippen LogP contribution is -2.40. The summed E-state index contributed by atoms with van der Waals surface area (Å²) in [5.74, 6) is 0.103. The zero-order valence-corrected chi connectivity index (χ0v) is 16.9. The van der Waals surface area contributed by atoms with E-state index in [0.717, 1.165) is 36.1 Å². The van der Waals surface area contributed by atoms with Crippen molar-refractivity contribution in [3.05, 3.63) is 77.0 Å². The summed E-state index contributed by atoms with van der Waals surface area (Å²) < 4.78 is 0. The molecule has 148 valence electrons. The molecule has 2 aliphatic rings. The van der Waals surface area contributed by atoms with Crippen LogP contribution in [-0.2, 0) is 6.42 Å². The Kier molecular flexibility index (Phi) is 4.70. The van der Waals surface area contributed by atoms with Gasteiger partial charge in [0.15, 0.2) is 0 Å². The highest BCUT2D eigenvalue weighted by molar-refractivity contribution is 6.00. The van der Waals surface area contributed by atoms with Crippen molar-refractivity contribution in [2.45, 2.75) is 57.5 Å². The molecular weight excluding hydrogens is 358 g/mol. The Hall–Kier alpha value is -2.88. The van der Waals surface area contributed by atoms with Gasteiger partial charge in [0.05, 0.1) is 11.7 Å². The van der Waals surface area contributed by atoms with Crippen LogP contribution in [0, 0.1) is 0 Å². The first kappa shape index (κ1) is 18.2. The molecule has 29 heavy (non-hydrogen) atoms. The predicted octanol–water partition coefficient (Wildman–Crippen LogP) is 5.52. The van der Waals surface area contributed by atoms with Crippen LogP contribution in [0.5, 0.6) is 0 Å². The molecule has 1 unspecified atom stereocenters. The zero-order valence-electron chi connectivity index (χ0n) is 16.9. The van der Waals surface area contributed by atoms with Crippen LogP contribution in [0.2, 0.25) is 0 Å². The minimum Gasteiger partial charge on any atom is -0.323 e. The fraction of sp³-hybridized carbons (Fsp3) is 0.360. The molecule has 3 aromatic rings. The highest BCUT2D eigenvalue weighted by Gasteiger charge is 2.45. The SMILES string of the molecule is CCc1ccc(C2c3c(-c4ccccc4)n[nH]c3C(=O)N2C2CCCCC2)cc1. The van der Waals surface area contributed by atoms with E-state index >= 15 is 0 Å². The van der Waals surface area contributed by atoms with Gasteiger partial charge in [-0.15, -0.1) is 0 Å². The minimum absolute atomic E-state index is 0.0690. The molecule has 0 saturated heterocycles. The number of carbonyl (C=O) groups is 1. The second-order valence-corrected chi connectivity index (χ2v) is 8.23. The third-order valence-electron chi connectivity index (χ3n) is 6.52. The third kappa shape index (κ3) is 3.07. The second kappa shape index (κ2) is 7.51. The van der Waals surface area contributed by atoms with E-state index in [1.165, 1.54) is 30.4 Å². The average Bonchev–Trinajstić information content (AvgIpc) is 3.34. The van der Waals surface area contributed by atoms with E-state index in [9.17, 15) is 4.79 Å². The molecule has 1 N–H and O–H groups in total. The lowest BCUT2D eigenvalue weighted by atomic mass is 9.90. The van der Waals surface area contributed by atoms with Crippen molar-refractivity contribution in [3.63, 3.8) is 0 Å². The molecule has 1 aromatic heterocycles. The van der Waals surface area contributed by atoms with Gasteiger partial charge in [0.2, 0.25) is 0 Å². The Labute approximate surface area is 172 Å². The molecule has 2 heterocycles. The Morgan fingerprint density at radius 2 is 1.72 bits per heavy atom. The van der Waals surface area contributed by atoms with Gasteiger partial charge < -0.3 is 4.90 Å². The van der Waals surface area contributed by atoms with E-state index < -0.39 is 0 Å². The summed E-state index contributed by atoms with van der Waals surface area (Å²) in [6, 6.07) is 19.2. The monoisotopic (exact) mass is 385 g/mol. The molecule has 4 nitrogen and oxygen atoms in total. The van der Waals surface area contributed by atoms with Gasteiger partial charge in [-0.05, 0) is 30.4 Å². The third-order valence-corrected chi connectivity index (χ3v) is 6.52. The molecule has 1 amide bonds. The number of aromatic nitrogens is 2. The van der Waals surface area contributed by atoms with Crippen molar-refractivity contribution in [2.24, 2.45) is 0 Å². The summed E-state index contributed by atoms with van der Waals surface area (Å²) in [5, 5.41) is 7.66. The molecule has 5 rings (SSSR count). The van der Waals surface area contributed by atoms with Crippen molar-refractivity contribution in [1.82, 2.24) is 15.1 Å². The van der Waals surface area contributed by atoms with Gasteiger partial charge in [0.25, 0.3) is 5.91 Å². The number of benzene rings is 2. The van der Waals surface area contributed by atoms with Gasteiger partial charge in [-0.2, -0.15) is 5.10 Å². The average molecular weight is 386 g/mol. The van der Waals surface area contributed by atoms with Crippen LogP contribution in [-0.4, -0.2) is 27.0 Å². The number of rotatable bonds is 4. The van der Waals surface area contributed by atoms with Crippen molar-refractivity contribution in [2.75, 3.05) is 0 Å². The lowest BCUT2D eigenvalue weighted by Gasteiger charge is -2.36. The molecule has 1 aliphatic carbocycles. The number of carbonyl (C=O) groups excluding carboxylic acids is 1. The summed E-state index contributed by atoms with van der Waals surface area (Å²) >= 11 is 0. The molecule has 0 spiro atoms. The fourth-order valence-electron chi connectivity index (χ4n) is 4.98. The fourth-order valence-corrected chi connectivity index (χ4v) is 4.98. The molecule has 1 atom stereocenters. The van der Waals surface area contributed by atoms with Crippen LogP contribution >= 0.6 is 0 Å². The van der Waals surface area contributed by atoms with Crippen molar-refractivity contribution >= 4 is 5.91 Å². The van der Waals surface area contributed by atoms with Gasteiger partial charge in [0, 0.05) is 17.2 Å². The van der Waals surface area contributed by atoms with Crippen molar-refractivity contribution in [1.29, 1.82) is 0 Å². The van der Waals surface area contributed by atoms with Crippen LogP contribution in [0.1, 0.15) is 72.2 Å². The summed E-state index contributed by atoms with van der Waals surface area (Å²) in [6.07, 6.45) is 6.88. The number of H-pyrrole nitrogens is 1. The highest BCUT2D eigenvalue weighted by Crippen LogP contribution is 2.45.